The van der Waals surface area contributed by atoms with Gasteiger partial charge in [-0.3, -0.25) is 4.79 Å². The lowest BCUT2D eigenvalue weighted by Crippen LogP contribution is -2.23. The first-order chi connectivity index (χ1) is 7.10. The number of esters is 1. The predicted octanol–water partition coefficient (Wildman–Crippen LogP) is 1.43. The van der Waals surface area contributed by atoms with Crippen LogP contribution in [0.5, 0.6) is 5.75 Å². The second kappa shape index (κ2) is 6.30. The van der Waals surface area contributed by atoms with Gasteiger partial charge >= 0.3 is 5.97 Å². The van der Waals surface area contributed by atoms with Gasteiger partial charge in [-0.25, -0.2) is 4.39 Å². The molecule has 0 spiro atoms. The quantitative estimate of drug-likeness (QED) is 0.824. The third-order valence-corrected chi connectivity index (χ3v) is 1.99. The fourth-order valence-electron chi connectivity index (χ4n) is 1.20. The summed E-state index contributed by atoms with van der Waals surface area (Å²) >= 11 is 0. The normalized spacial score (nSPS) is 11.2. The van der Waals surface area contributed by atoms with Gasteiger partial charge < -0.3 is 15.2 Å². The highest BCUT2D eigenvalue weighted by atomic mass is 35.5. The molecule has 16 heavy (non-hydrogen) atoms. The molecule has 0 radical (unpaired) electrons. The van der Waals surface area contributed by atoms with E-state index in [0.717, 1.165) is 6.07 Å². The Hall–Kier alpha value is -1.33. The number of methoxy groups -OCH3 is 2. The lowest BCUT2D eigenvalue weighted by molar-refractivity contribution is -0.142. The van der Waals surface area contributed by atoms with Crippen molar-refractivity contribution in [2.24, 2.45) is 5.73 Å². The van der Waals surface area contributed by atoms with E-state index in [4.69, 9.17) is 10.5 Å². The summed E-state index contributed by atoms with van der Waals surface area (Å²) in [6, 6.07) is 2.81. The van der Waals surface area contributed by atoms with Crippen molar-refractivity contribution in [1.82, 2.24) is 0 Å². The van der Waals surface area contributed by atoms with Crippen LogP contribution in [0.1, 0.15) is 11.6 Å². The van der Waals surface area contributed by atoms with Crippen LogP contribution in [0.25, 0.3) is 0 Å². The zero-order chi connectivity index (χ0) is 11.4. The van der Waals surface area contributed by atoms with Crippen LogP contribution in [-0.2, 0) is 9.53 Å². The molecule has 6 heteroatoms. The Morgan fingerprint density at radius 2 is 2.06 bits per heavy atom. The van der Waals surface area contributed by atoms with Crippen molar-refractivity contribution in [2.45, 2.75) is 6.04 Å². The van der Waals surface area contributed by atoms with Crippen molar-refractivity contribution in [3.8, 4) is 5.75 Å². The number of ether oxygens (including phenoxy) is 2. The minimum Gasteiger partial charge on any atom is -0.496 e. The van der Waals surface area contributed by atoms with Crippen LogP contribution in [0, 0.1) is 5.82 Å². The molecule has 90 valence electrons. The highest BCUT2D eigenvalue weighted by Crippen LogP contribution is 2.25. The van der Waals surface area contributed by atoms with E-state index >= 15 is 0 Å². The molecule has 0 aromatic heterocycles. The van der Waals surface area contributed by atoms with Crippen LogP contribution < -0.4 is 10.5 Å². The topological polar surface area (TPSA) is 61.5 Å². The third kappa shape index (κ3) is 3.08. The van der Waals surface area contributed by atoms with E-state index in [1.165, 1.54) is 26.4 Å². The number of benzene rings is 1. The van der Waals surface area contributed by atoms with Gasteiger partial charge in [-0.15, -0.1) is 12.4 Å². The van der Waals surface area contributed by atoms with Crippen LogP contribution in [0.15, 0.2) is 18.2 Å². The van der Waals surface area contributed by atoms with Crippen molar-refractivity contribution < 1.29 is 18.7 Å². The smallest absolute Gasteiger partial charge is 0.327 e. The maximum Gasteiger partial charge on any atom is 0.327 e. The SMILES string of the molecule is COC(=O)[C@H](N)c1ccc(F)cc1OC.Cl. The molecule has 0 heterocycles. The molecule has 0 saturated heterocycles. The minimum atomic E-state index is -0.967. The standard InChI is InChI=1S/C10H12FNO3.ClH/c1-14-8-5-6(11)3-4-7(8)9(12)10(13)15-2;/h3-5,9H,12H2,1-2H3;1H/t9-;/m1./s1. The van der Waals surface area contributed by atoms with Gasteiger partial charge in [-0.05, 0) is 6.07 Å². The fraction of sp³-hybridized carbons (Fsp3) is 0.300. The lowest BCUT2D eigenvalue weighted by atomic mass is 10.1. The average molecular weight is 250 g/mol. The second-order valence-electron chi connectivity index (χ2n) is 2.89. The molecule has 0 aliphatic carbocycles. The van der Waals surface area contributed by atoms with Gasteiger partial charge in [0.25, 0.3) is 0 Å². The third-order valence-electron chi connectivity index (χ3n) is 1.99. The van der Waals surface area contributed by atoms with E-state index in [1.54, 1.807) is 0 Å². The Kier molecular flexibility index (Phi) is 5.77. The van der Waals surface area contributed by atoms with Crippen LogP contribution >= 0.6 is 12.4 Å². The van der Waals surface area contributed by atoms with E-state index in [2.05, 4.69) is 4.74 Å². The summed E-state index contributed by atoms with van der Waals surface area (Å²) in [5.41, 5.74) is 5.99. The van der Waals surface area contributed by atoms with Gasteiger partial charge in [0.2, 0.25) is 0 Å². The number of halogens is 2. The Morgan fingerprint density at radius 3 is 2.56 bits per heavy atom. The summed E-state index contributed by atoms with van der Waals surface area (Å²) < 4.78 is 22.2. The molecule has 0 aliphatic heterocycles. The average Bonchev–Trinajstić information content (AvgIpc) is 2.26. The van der Waals surface area contributed by atoms with Gasteiger partial charge in [0, 0.05) is 11.6 Å². The van der Waals surface area contributed by atoms with E-state index in [9.17, 15) is 9.18 Å². The van der Waals surface area contributed by atoms with E-state index in [0.29, 0.717) is 5.56 Å². The molecule has 0 aliphatic rings. The number of nitrogens with two attached hydrogens (primary N) is 1. The van der Waals surface area contributed by atoms with Crippen molar-refractivity contribution in [2.75, 3.05) is 14.2 Å². The predicted molar refractivity (Wildman–Crippen MR) is 59.1 cm³/mol. The Labute approximate surface area is 98.9 Å². The first kappa shape index (κ1) is 14.7. The highest BCUT2D eigenvalue weighted by molar-refractivity contribution is 5.85. The van der Waals surface area contributed by atoms with Crippen LogP contribution in [0.4, 0.5) is 4.39 Å². The van der Waals surface area contributed by atoms with Crippen LogP contribution in [0.2, 0.25) is 0 Å². The molecule has 1 rings (SSSR count). The molecule has 0 fully saturated rings. The van der Waals surface area contributed by atoms with Gasteiger partial charge in [-0.2, -0.15) is 0 Å². The summed E-state index contributed by atoms with van der Waals surface area (Å²) in [6.45, 7) is 0. The zero-order valence-electron chi connectivity index (χ0n) is 8.90. The molecular weight excluding hydrogens is 237 g/mol. The molecule has 2 N–H and O–H groups in total. The molecule has 4 nitrogen and oxygen atoms in total. The first-order valence-corrected chi connectivity index (χ1v) is 4.27. The molecule has 1 aromatic rings. The molecule has 1 atom stereocenters. The van der Waals surface area contributed by atoms with Gasteiger partial charge in [0.1, 0.15) is 17.6 Å². The molecular formula is C10H13ClFNO3. The lowest BCUT2D eigenvalue weighted by Gasteiger charge is -2.13. The Morgan fingerprint density at radius 1 is 1.44 bits per heavy atom. The zero-order valence-corrected chi connectivity index (χ0v) is 9.71. The summed E-state index contributed by atoms with van der Waals surface area (Å²) in [6.07, 6.45) is 0. The molecule has 0 bridgehead atoms. The summed E-state index contributed by atoms with van der Waals surface area (Å²) in [7, 11) is 2.61. The largest absolute Gasteiger partial charge is 0.496 e. The number of hydrogen-bond acceptors (Lipinski definition) is 4. The summed E-state index contributed by atoms with van der Waals surface area (Å²) in [5, 5.41) is 0. The van der Waals surface area contributed by atoms with Crippen molar-refractivity contribution in [1.29, 1.82) is 0 Å². The summed E-state index contributed by atoms with van der Waals surface area (Å²) in [4.78, 5) is 11.2. The van der Waals surface area contributed by atoms with Crippen LogP contribution in [0.3, 0.4) is 0 Å². The fourth-order valence-corrected chi connectivity index (χ4v) is 1.20. The second-order valence-corrected chi connectivity index (χ2v) is 2.89. The molecule has 0 amide bonds. The molecule has 0 unspecified atom stereocenters. The Balaban J connectivity index is 0.00000225. The van der Waals surface area contributed by atoms with Crippen molar-refractivity contribution in [3.63, 3.8) is 0 Å². The Bertz CT molecular complexity index is 373. The van der Waals surface area contributed by atoms with E-state index in [1.807, 2.05) is 0 Å². The van der Waals surface area contributed by atoms with E-state index < -0.39 is 17.8 Å². The minimum absolute atomic E-state index is 0. The maximum absolute atomic E-state index is 12.8. The van der Waals surface area contributed by atoms with Crippen molar-refractivity contribution in [3.05, 3.63) is 29.6 Å². The first-order valence-electron chi connectivity index (χ1n) is 4.27. The molecule has 1 aromatic carbocycles. The molecule has 0 saturated carbocycles. The number of rotatable bonds is 3. The highest BCUT2D eigenvalue weighted by Gasteiger charge is 2.20. The monoisotopic (exact) mass is 249 g/mol. The maximum atomic E-state index is 12.8. The number of carbonyl (C=O) groups excluding carboxylic acids is 1. The number of hydrogen-bond donors (Lipinski definition) is 1. The van der Waals surface area contributed by atoms with Crippen LogP contribution in [-0.4, -0.2) is 20.2 Å². The summed E-state index contributed by atoms with van der Waals surface area (Å²) in [5.74, 6) is -0.819. The van der Waals surface area contributed by atoms with Gasteiger partial charge in [0.15, 0.2) is 0 Å². The van der Waals surface area contributed by atoms with Gasteiger partial charge in [-0.1, -0.05) is 6.07 Å². The van der Waals surface area contributed by atoms with Crippen molar-refractivity contribution >= 4 is 18.4 Å². The number of carbonyl (C=O) groups is 1. The van der Waals surface area contributed by atoms with Gasteiger partial charge in [0.05, 0.1) is 14.2 Å². The van der Waals surface area contributed by atoms with E-state index in [-0.39, 0.29) is 18.2 Å².